The fourth-order valence-electron chi connectivity index (χ4n) is 6.02. The van der Waals surface area contributed by atoms with Crippen LogP contribution in [0.2, 0.25) is 0 Å². The lowest BCUT2D eigenvalue weighted by atomic mass is 9.82. The van der Waals surface area contributed by atoms with Gasteiger partial charge in [-0.3, -0.25) is 19.2 Å². The van der Waals surface area contributed by atoms with E-state index in [0.717, 1.165) is 59.7 Å². The number of fused-ring (bicyclic) bond motifs is 1. The molecule has 2 aliphatic rings. The number of piperazine rings is 1. The molecular weight excluding hydrogens is 518 g/mol. The number of aromatic amines is 1. The number of nitrogens with zero attached hydrogens (tertiary/aromatic N) is 1. The maximum absolute atomic E-state index is 13.5. The van der Waals surface area contributed by atoms with Crippen molar-refractivity contribution in [3.63, 3.8) is 0 Å². The molecule has 4 amide bonds. The van der Waals surface area contributed by atoms with Crippen LogP contribution in [0.5, 0.6) is 0 Å². The summed E-state index contributed by atoms with van der Waals surface area (Å²) in [6, 6.07) is 12.4. The van der Waals surface area contributed by atoms with Crippen LogP contribution < -0.4 is 16.0 Å². The lowest BCUT2D eigenvalue weighted by molar-refractivity contribution is -0.148. The second-order valence-electron chi connectivity index (χ2n) is 11.5. The average molecular weight is 558 g/mol. The summed E-state index contributed by atoms with van der Waals surface area (Å²) in [5.74, 6) is -1.17. The Morgan fingerprint density at radius 3 is 2.59 bits per heavy atom. The first kappa shape index (κ1) is 28.4. The standard InChI is InChI=1S/C32H39N5O4/c1-20-12-13-22(14-21(20)2)16-34-31(40)27(15-24-17-33-26-11-7-6-10-25(24)26)35-28(38)18-37-19-29(39)36-30(32(37)41)23-8-4-3-5-9-23/h6-7,10-14,17,23,27,30,33H,3-5,8-9,15-16,18-19H2,1-2H3,(H,34,40)(H,35,38)(H,36,39). The van der Waals surface area contributed by atoms with Crippen LogP contribution in [0.1, 0.15) is 54.4 Å². The summed E-state index contributed by atoms with van der Waals surface area (Å²) in [5, 5.41) is 9.67. The van der Waals surface area contributed by atoms with E-state index >= 15 is 0 Å². The fraction of sp³-hybridized carbons (Fsp3) is 0.438. The summed E-state index contributed by atoms with van der Waals surface area (Å²) in [5.41, 5.74) is 5.13. The first-order valence-corrected chi connectivity index (χ1v) is 14.5. The summed E-state index contributed by atoms with van der Waals surface area (Å²) in [7, 11) is 0. The van der Waals surface area contributed by atoms with Crippen LogP contribution in [-0.4, -0.2) is 58.7 Å². The molecule has 0 radical (unpaired) electrons. The van der Waals surface area contributed by atoms with Crippen molar-refractivity contribution in [2.75, 3.05) is 13.1 Å². The zero-order chi connectivity index (χ0) is 28.9. The molecule has 2 unspecified atom stereocenters. The van der Waals surface area contributed by atoms with E-state index in [1.165, 1.54) is 10.5 Å². The van der Waals surface area contributed by atoms with Crippen LogP contribution in [0.4, 0.5) is 0 Å². The molecule has 9 heteroatoms. The van der Waals surface area contributed by atoms with Crippen LogP contribution in [0.15, 0.2) is 48.7 Å². The van der Waals surface area contributed by atoms with Gasteiger partial charge in [-0.15, -0.1) is 0 Å². The zero-order valence-corrected chi connectivity index (χ0v) is 23.8. The van der Waals surface area contributed by atoms with Gasteiger partial charge in [0.25, 0.3) is 0 Å². The minimum Gasteiger partial charge on any atom is -0.361 e. The number of aryl methyl sites for hydroxylation is 2. The average Bonchev–Trinajstić information content (AvgIpc) is 3.38. The number of H-pyrrole nitrogens is 1. The van der Waals surface area contributed by atoms with Gasteiger partial charge in [0.1, 0.15) is 25.2 Å². The van der Waals surface area contributed by atoms with Gasteiger partial charge in [-0.1, -0.05) is 55.7 Å². The number of para-hydroxylation sites is 1. The Morgan fingerprint density at radius 1 is 1.02 bits per heavy atom. The van der Waals surface area contributed by atoms with Crippen molar-refractivity contribution in [2.24, 2.45) is 5.92 Å². The lowest BCUT2D eigenvalue weighted by Gasteiger charge is -2.37. The Morgan fingerprint density at radius 2 is 1.80 bits per heavy atom. The molecule has 1 aliphatic carbocycles. The summed E-state index contributed by atoms with van der Waals surface area (Å²) in [4.78, 5) is 57.1. The van der Waals surface area contributed by atoms with Gasteiger partial charge in [0.05, 0.1) is 0 Å². The molecule has 2 fully saturated rings. The summed E-state index contributed by atoms with van der Waals surface area (Å²) >= 11 is 0. The number of aromatic nitrogens is 1. The summed E-state index contributed by atoms with van der Waals surface area (Å²) in [6.07, 6.45) is 7.13. The molecule has 3 aromatic rings. The monoisotopic (exact) mass is 557 g/mol. The van der Waals surface area contributed by atoms with Crippen molar-refractivity contribution >= 4 is 34.5 Å². The number of amides is 4. The third kappa shape index (κ3) is 6.78. The van der Waals surface area contributed by atoms with Crippen LogP contribution in [0, 0.1) is 19.8 Å². The fourth-order valence-corrected chi connectivity index (χ4v) is 6.02. The molecule has 1 aliphatic heterocycles. The van der Waals surface area contributed by atoms with E-state index in [1.54, 1.807) is 0 Å². The quantitative estimate of drug-likeness (QED) is 0.323. The van der Waals surface area contributed by atoms with Crippen LogP contribution in [0.3, 0.4) is 0 Å². The molecule has 0 spiro atoms. The molecule has 2 atom stereocenters. The van der Waals surface area contributed by atoms with Crippen molar-refractivity contribution in [1.29, 1.82) is 0 Å². The molecule has 0 bridgehead atoms. The number of benzene rings is 2. The number of nitrogens with one attached hydrogen (secondary N) is 4. The van der Waals surface area contributed by atoms with E-state index in [9.17, 15) is 19.2 Å². The molecule has 1 saturated carbocycles. The van der Waals surface area contributed by atoms with Crippen molar-refractivity contribution in [3.05, 3.63) is 70.9 Å². The van der Waals surface area contributed by atoms with Crippen molar-refractivity contribution in [3.8, 4) is 0 Å². The van der Waals surface area contributed by atoms with E-state index in [0.29, 0.717) is 6.54 Å². The molecule has 41 heavy (non-hydrogen) atoms. The predicted octanol–water partition coefficient (Wildman–Crippen LogP) is 3.04. The number of hydrogen-bond acceptors (Lipinski definition) is 4. The van der Waals surface area contributed by atoms with Crippen LogP contribution >= 0.6 is 0 Å². The third-order valence-electron chi connectivity index (χ3n) is 8.47. The highest BCUT2D eigenvalue weighted by atomic mass is 16.2. The number of carbonyl (C=O) groups excluding carboxylic acids is 4. The van der Waals surface area contributed by atoms with Gasteiger partial charge >= 0.3 is 0 Å². The molecular formula is C32H39N5O4. The van der Waals surface area contributed by atoms with Gasteiger partial charge < -0.3 is 25.8 Å². The predicted molar refractivity (Wildman–Crippen MR) is 157 cm³/mol. The highest BCUT2D eigenvalue weighted by molar-refractivity contribution is 5.98. The molecule has 2 aromatic carbocycles. The van der Waals surface area contributed by atoms with Crippen molar-refractivity contribution in [2.45, 2.75) is 71.0 Å². The van der Waals surface area contributed by atoms with Gasteiger partial charge in [-0.05, 0) is 60.9 Å². The van der Waals surface area contributed by atoms with Crippen LogP contribution in [0.25, 0.3) is 10.9 Å². The SMILES string of the molecule is Cc1ccc(CNC(=O)C(Cc2c[nH]c3ccccc23)NC(=O)CN2CC(=O)NC(C3CCCCC3)C2=O)cc1C. The third-order valence-corrected chi connectivity index (χ3v) is 8.47. The Labute approximate surface area is 240 Å². The minimum atomic E-state index is -0.865. The van der Waals surface area contributed by atoms with E-state index in [4.69, 9.17) is 0 Å². The lowest BCUT2D eigenvalue weighted by Crippen LogP contribution is -2.62. The second-order valence-corrected chi connectivity index (χ2v) is 11.5. The Bertz CT molecular complexity index is 1440. The second kappa shape index (κ2) is 12.6. The minimum absolute atomic E-state index is 0.0943. The highest BCUT2D eigenvalue weighted by Gasteiger charge is 2.39. The zero-order valence-electron chi connectivity index (χ0n) is 23.8. The van der Waals surface area contributed by atoms with Gasteiger partial charge in [0.15, 0.2) is 0 Å². The Balaban J connectivity index is 1.29. The maximum Gasteiger partial charge on any atom is 0.246 e. The van der Waals surface area contributed by atoms with E-state index in [2.05, 4.69) is 20.9 Å². The number of rotatable bonds is 9. The Kier molecular flexibility index (Phi) is 8.71. The molecule has 4 N–H and O–H groups in total. The molecule has 1 aromatic heterocycles. The van der Waals surface area contributed by atoms with E-state index in [-0.39, 0.29) is 43.1 Å². The normalized spacial score (nSPS) is 18.7. The molecule has 2 heterocycles. The summed E-state index contributed by atoms with van der Waals surface area (Å²) in [6.45, 7) is 3.96. The van der Waals surface area contributed by atoms with Gasteiger partial charge in [-0.2, -0.15) is 0 Å². The number of carbonyl (C=O) groups is 4. The topological polar surface area (TPSA) is 123 Å². The Hall–Kier alpha value is -4.14. The van der Waals surface area contributed by atoms with Gasteiger partial charge in [0.2, 0.25) is 23.6 Å². The van der Waals surface area contributed by atoms with Crippen molar-refractivity contribution < 1.29 is 19.2 Å². The smallest absolute Gasteiger partial charge is 0.246 e. The van der Waals surface area contributed by atoms with E-state index < -0.39 is 18.0 Å². The first-order chi connectivity index (χ1) is 19.8. The van der Waals surface area contributed by atoms with Crippen molar-refractivity contribution in [1.82, 2.24) is 25.8 Å². The largest absolute Gasteiger partial charge is 0.361 e. The highest BCUT2D eigenvalue weighted by Crippen LogP contribution is 2.28. The van der Waals surface area contributed by atoms with Gasteiger partial charge in [-0.25, -0.2) is 0 Å². The molecule has 5 rings (SSSR count). The number of hydrogen-bond donors (Lipinski definition) is 4. The molecule has 9 nitrogen and oxygen atoms in total. The first-order valence-electron chi connectivity index (χ1n) is 14.5. The van der Waals surface area contributed by atoms with Crippen LogP contribution in [-0.2, 0) is 32.1 Å². The van der Waals surface area contributed by atoms with E-state index in [1.807, 2.05) is 62.5 Å². The molecule has 1 saturated heterocycles. The molecule has 216 valence electrons. The summed E-state index contributed by atoms with van der Waals surface area (Å²) < 4.78 is 0. The maximum atomic E-state index is 13.5. The van der Waals surface area contributed by atoms with Gasteiger partial charge in [0, 0.05) is 30.1 Å².